The highest BCUT2D eigenvalue weighted by atomic mass is 32.2. The first kappa shape index (κ1) is 19.1. The third-order valence-corrected chi connectivity index (χ3v) is 7.96. The second-order valence-corrected chi connectivity index (χ2v) is 9.72. The van der Waals surface area contributed by atoms with Gasteiger partial charge in [-0.05, 0) is 39.2 Å². The topological polar surface area (TPSA) is 29.4 Å². The lowest BCUT2D eigenvalue weighted by Crippen LogP contribution is -2.12. The maximum absolute atomic E-state index is 14.0. The maximum atomic E-state index is 14.0. The fourth-order valence-electron chi connectivity index (χ4n) is 4.72. The zero-order chi connectivity index (χ0) is 21.5. The van der Waals surface area contributed by atoms with Crippen LogP contribution in [0.25, 0.3) is 21.5 Å². The molecule has 0 aliphatic carbocycles. The normalized spacial score (nSPS) is 18.2. The summed E-state index contributed by atoms with van der Waals surface area (Å²) < 4.78 is 14.0. The van der Waals surface area contributed by atoms with Crippen molar-refractivity contribution in [3.05, 3.63) is 120 Å². The molecule has 2 nitrogen and oxygen atoms in total. The van der Waals surface area contributed by atoms with E-state index in [1.165, 1.54) is 16.2 Å². The number of aliphatic imine (C=N–C) groups is 1. The molecule has 0 fully saturated rings. The molecule has 0 saturated heterocycles. The lowest BCUT2D eigenvalue weighted by atomic mass is 9.94. The van der Waals surface area contributed by atoms with E-state index in [0.717, 1.165) is 32.8 Å². The van der Waals surface area contributed by atoms with E-state index >= 15 is 0 Å². The smallest absolute Gasteiger partial charge is 0.0794 e. The first-order valence-electron chi connectivity index (χ1n) is 10.8. The Kier molecular flexibility index (Phi) is 4.70. The molecule has 1 aliphatic rings. The predicted octanol–water partition coefficient (Wildman–Crippen LogP) is 7.37. The summed E-state index contributed by atoms with van der Waals surface area (Å²) in [5.41, 5.74) is 4.02. The first-order chi connectivity index (χ1) is 15.8. The Balaban J connectivity index is 1.60. The molecule has 5 aromatic rings. The zero-order valence-electron chi connectivity index (χ0n) is 17.4. The summed E-state index contributed by atoms with van der Waals surface area (Å²) in [7, 11) is -1.22. The van der Waals surface area contributed by atoms with E-state index in [2.05, 4.69) is 84.9 Å². The number of benzene rings is 5. The standard InChI is InChI=1S/C29H21NOS/c31-32-28-18-6-5-17-26(28)30-27(24-15-7-11-20-9-1-3-13-22(20)24)19-29(32)25-16-8-12-21-10-2-4-14-23(21)25/h1-18,29H,19H2/t29-,32-/m1/s1. The number of hydrogen-bond donors (Lipinski definition) is 0. The van der Waals surface area contributed by atoms with Crippen molar-refractivity contribution >= 4 is 43.7 Å². The van der Waals surface area contributed by atoms with Gasteiger partial charge in [-0.1, -0.05) is 97.1 Å². The first-order valence-corrected chi connectivity index (χ1v) is 12.0. The summed E-state index contributed by atoms with van der Waals surface area (Å²) in [6.07, 6.45) is 0.614. The molecule has 0 bridgehead atoms. The van der Waals surface area contributed by atoms with Crippen molar-refractivity contribution in [3.63, 3.8) is 0 Å². The van der Waals surface area contributed by atoms with Gasteiger partial charge in [0.1, 0.15) is 0 Å². The minimum atomic E-state index is -1.22. The summed E-state index contributed by atoms with van der Waals surface area (Å²) in [5, 5.41) is 4.51. The van der Waals surface area contributed by atoms with Crippen LogP contribution in [-0.2, 0) is 10.8 Å². The SMILES string of the molecule is O=[S@@]1c2ccccc2N=C(c2cccc3ccccc23)C[C@@H]1c1cccc2ccccc12. The van der Waals surface area contributed by atoms with E-state index in [0.29, 0.717) is 6.42 Å². The fraction of sp³-hybridized carbons (Fsp3) is 0.0690. The van der Waals surface area contributed by atoms with E-state index in [9.17, 15) is 4.21 Å². The van der Waals surface area contributed by atoms with Crippen LogP contribution < -0.4 is 0 Å². The highest BCUT2D eigenvalue weighted by Gasteiger charge is 2.29. The molecular weight excluding hydrogens is 410 g/mol. The van der Waals surface area contributed by atoms with Gasteiger partial charge in [0.2, 0.25) is 0 Å². The van der Waals surface area contributed by atoms with E-state index in [1.807, 2.05) is 24.3 Å². The second kappa shape index (κ2) is 7.85. The van der Waals surface area contributed by atoms with Crippen molar-refractivity contribution in [1.82, 2.24) is 0 Å². The highest BCUT2D eigenvalue weighted by Crippen LogP contribution is 2.40. The number of hydrogen-bond acceptors (Lipinski definition) is 2. The molecule has 0 unspecified atom stereocenters. The molecule has 0 amide bonds. The molecule has 6 rings (SSSR count). The van der Waals surface area contributed by atoms with Gasteiger partial charge in [-0.3, -0.25) is 9.20 Å². The van der Waals surface area contributed by atoms with Crippen LogP contribution in [0.3, 0.4) is 0 Å². The van der Waals surface area contributed by atoms with Crippen molar-refractivity contribution in [3.8, 4) is 0 Å². The number of rotatable bonds is 2. The summed E-state index contributed by atoms with van der Waals surface area (Å²) in [6, 6.07) is 37.3. The largest absolute Gasteiger partial charge is 0.254 e. The maximum Gasteiger partial charge on any atom is 0.0794 e. The molecule has 3 heteroatoms. The van der Waals surface area contributed by atoms with E-state index in [4.69, 9.17) is 4.99 Å². The van der Waals surface area contributed by atoms with Crippen molar-refractivity contribution in [2.75, 3.05) is 0 Å². The van der Waals surface area contributed by atoms with Gasteiger partial charge in [0.25, 0.3) is 0 Å². The van der Waals surface area contributed by atoms with Gasteiger partial charge in [-0.15, -0.1) is 0 Å². The van der Waals surface area contributed by atoms with E-state index < -0.39 is 10.8 Å². The van der Waals surface area contributed by atoms with Crippen molar-refractivity contribution < 1.29 is 4.21 Å². The van der Waals surface area contributed by atoms with E-state index in [-0.39, 0.29) is 5.25 Å². The van der Waals surface area contributed by atoms with Crippen LogP contribution in [0.2, 0.25) is 0 Å². The van der Waals surface area contributed by atoms with Crippen LogP contribution in [0.5, 0.6) is 0 Å². The Morgan fingerprint density at radius 1 is 0.656 bits per heavy atom. The van der Waals surface area contributed by atoms with Crippen LogP contribution in [0.4, 0.5) is 5.69 Å². The van der Waals surface area contributed by atoms with Gasteiger partial charge in [-0.25, -0.2) is 0 Å². The molecule has 1 heterocycles. The minimum Gasteiger partial charge on any atom is -0.254 e. The van der Waals surface area contributed by atoms with E-state index in [1.54, 1.807) is 0 Å². The summed E-state index contributed by atoms with van der Waals surface area (Å²) in [4.78, 5) is 5.90. The molecular formula is C29H21NOS. The lowest BCUT2D eigenvalue weighted by Gasteiger charge is -2.19. The van der Waals surface area contributed by atoms with Crippen molar-refractivity contribution in [1.29, 1.82) is 0 Å². The third-order valence-electron chi connectivity index (χ3n) is 6.25. The lowest BCUT2D eigenvalue weighted by molar-refractivity contribution is 0.674. The average molecular weight is 432 g/mol. The highest BCUT2D eigenvalue weighted by molar-refractivity contribution is 7.85. The molecule has 2 atom stereocenters. The van der Waals surface area contributed by atoms with Gasteiger partial charge in [0.05, 0.1) is 32.3 Å². The number of fused-ring (bicyclic) bond motifs is 3. The molecule has 1 aliphatic heterocycles. The quantitative estimate of drug-likeness (QED) is 0.287. The van der Waals surface area contributed by atoms with Gasteiger partial charge in [-0.2, -0.15) is 0 Å². The van der Waals surface area contributed by atoms with Crippen LogP contribution in [-0.4, -0.2) is 9.92 Å². The molecule has 32 heavy (non-hydrogen) atoms. The summed E-state index contributed by atoms with van der Waals surface area (Å²) >= 11 is 0. The Bertz CT molecular complexity index is 1520. The van der Waals surface area contributed by atoms with Gasteiger partial charge < -0.3 is 0 Å². The van der Waals surface area contributed by atoms with Crippen LogP contribution in [0, 0.1) is 0 Å². The van der Waals surface area contributed by atoms with Gasteiger partial charge in [0, 0.05) is 12.0 Å². The molecule has 0 saturated carbocycles. The fourth-order valence-corrected chi connectivity index (χ4v) is 6.30. The Labute approximate surface area is 189 Å². The third kappa shape index (κ3) is 3.17. The molecule has 0 N–H and O–H groups in total. The van der Waals surface area contributed by atoms with Crippen LogP contribution in [0.1, 0.15) is 22.8 Å². The van der Waals surface area contributed by atoms with Gasteiger partial charge >= 0.3 is 0 Å². The zero-order valence-corrected chi connectivity index (χ0v) is 18.3. The summed E-state index contributed by atoms with van der Waals surface area (Å²) in [6.45, 7) is 0. The number of nitrogens with zero attached hydrogens (tertiary/aromatic N) is 1. The molecule has 0 spiro atoms. The number of para-hydroxylation sites is 1. The van der Waals surface area contributed by atoms with Crippen molar-refractivity contribution in [2.24, 2.45) is 4.99 Å². The van der Waals surface area contributed by atoms with Gasteiger partial charge in [0.15, 0.2) is 0 Å². The van der Waals surface area contributed by atoms with Crippen molar-refractivity contribution in [2.45, 2.75) is 16.6 Å². The molecule has 154 valence electrons. The van der Waals surface area contributed by atoms with Crippen LogP contribution >= 0.6 is 0 Å². The molecule has 0 radical (unpaired) electrons. The molecule has 5 aromatic carbocycles. The monoisotopic (exact) mass is 431 g/mol. The van der Waals surface area contributed by atoms with Crippen LogP contribution in [0.15, 0.2) is 119 Å². The molecule has 0 aromatic heterocycles. The summed E-state index contributed by atoms with van der Waals surface area (Å²) in [5.74, 6) is 0. The Hall–Kier alpha value is -3.56. The minimum absolute atomic E-state index is 0.178. The average Bonchev–Trinajstić information content (AvgIpc) is 3.00. The Morgan fingerprint density at radius 3 is 2.12 bits per heavy atom. The predicted molar refractivity (Wildman–Crippen MR) is 134 cm³/mol. The second-order valence-electron chi connectivity index (χ2n) is 8.11. The Morgan fingerprint density at radius 2 is 1.28 bits per heavy atom.